The maximum absolute atomic E-state index is 13.4. The van der Waals surface area contributed by atoms with Crippen molar-refractivity contribution in [1.82, 2.24) is 19.6 Å². The van der Waals surface area contributed by atoms with Gasteiger partial charge in [0.15, 0.2) is 0 Å². The molecule has 15 heteroatoms. The standard InChI is InChI=1S/C19H25F3N6O3S.CH2O2/c1-23-7-8-27(2)17-16(19(20,21)22)13-24-18(26-17)25-14-3-5-15(6-4-14)32(29,30)28-9-11-31-12-10-28;2-1-3/h3-6,13,23H,7-12H2,1-2H3,(H,24,25,26);1H,(H,2,3). The smallest absolute Gasteiger partial charge is 0.421 e. The van der Waals surface area contributed by atoms with E-state index in [9.17, 15) is 21.6 Å². The SMILES string of the molecule is CNCCN(C)c1nc(Nc2ccc(S(=O)(=O)N3CCOCC3)cc2)ncc1C(F)(F)F.O=CO. The minimum atomic E-state index is -4.60. The minimum Gasteiger partial charge on any atom is -0.483 e. The number of morpholine rings is 1. The number of benzene rings is 1. The van der Waals surface area contributed by atoms with Gasteiger partial charge in [-0.1, -0.05) is 0 Å². The molecule has 3 rings (SSSR count). The second-order valence-electron chi connectivity index (χ2n) is 7.23. The number of nitrogens with one attached hydrogen (secondary N) is 2. The fourth-order valence-electron chi connectivity index (χ4n) is 3.08. The summed E-state index contributed by atoms with van der Waals surface area (Å²) in [7, 11) is -0.423. The van der Waals surface area contributed by atoms with Gasteiger partial charge in [0, 0.05) is 45.1 Å². The molecule has 0 amide bonds. The van der Waals surface area contributed by atoms with E-state index in [-0.39, 0.29) is 36.2 Å². The van der Waals surface area contributed by atoms with Gasteiger partial charge in [0.2, 0.25) is 16.0 Å². The summed E-state index contributed by atoms with van der Waals surface area (Å²) in [4.78, 5) is 17.7. The Morgan fingerprint density at radius 2 is 1.83 bits per heavy atom. The highest BCUT2D eigenvalue weighted by Gasteiger charge is 2.36. The van der Waals surface area contributed by atoms with E-state index in [1.54, 1.807) is 7.05 Å². The summed E-state index contributed by atoms with van der Waals surface area (Å²) in [6.45, 7) is 1.78. The molecule has 1 aliphatic rings. The van der Waals surface area contributed by atoms with E-state index in [4.69, 9.17) is 14.6 Å². The summed E-state index contributed by atoms with van der Waals surface area (Å²) in [5.74, 6) is -0.287. The van der Waals surface area contributed by atoms with Crippen LogP contribution < -0.4 is 15.5 Å². The Labute approximate surface area is 201 Å². The first-order valence-corrected chi connectivity index (χ1v) is 11.8. The van der Waals surface area contributed by atoms with Crippen molar-refractivity contribution in [2.75, 3.05) is 63.7 Å². The Morgan fingerprint density at radius 3 is 2.37 bits per heavy atom. The van der Waals surface area contributed by atoms with Gasteiger partial charge in [-0.3, -0.25) is 4.79 Å². The molecule has 194 valence electrons. The summed E-state index contributed by atoms with van der Waals surface area (Å²) in [6.07, 6.45) is -3.87. The molecule has 1 aliphatic heterocycles. The second-order valence-corrected chi connectivity index (χ2v) is 9.16. The van der Waals surface area contributed by atoms with Gasteiger partial charge in [-0.25, -0.2) is 13.4 Å². The molecule has 2 heterocycles. The fraction of sp³-hybridized carbons (Fsp3) is 0.450. The van der Waals surface area contributed by atoms with Crippen molar-refractivity contribution in [2.24, 2.45) is 0 Å². The number of likely N-dealkylation sites (N-methyl/N-ethyl adjacent to an activating group) is 2. The molecule has 0 atom stereocenters. The molecule has 0 unspecified atom stereocenters. The Kier molecular flexibility index (Phi) is 10.2. The summed E-state index contributed by atoms with van der Waals surface area (Å²) >= 11 is 0. The van der Waals surface area contributed by atoms with Crippen LogP contribution in [0.3, 0.4) is 0 Å². The van der Waals surface area contributed by atoms with Gasteiger partial charge in [-0.2, -0.15) is 22.5 Å². The zero-order chi connectivity index (χ0) is 26.1. The van der Waals surface area contributed by atoms with Crippen LogP contribution in [0.25, 0.3) is 0 Å². The van der Waals surface area contributed by atoms with Crippen molar-refractivity contribution in [3.63, 3.8) is 0 Å². The van der Waals surface area contributed by atoms with Gasteiger partial charge in [0.1, 0.15) is 11.4 Å². The third-order valence-electron chi connectivity index (χ3n) is 4.85. The number of alkyl halides is 3. The Morgan fingerprint density at radius 1 is 1.23 bits per heavy atom. The van der Waals surface area contributed by atoms with E-state index >= 15 is 0 Å². The minimum absolute atomic E-state index is 0.0342. The van der Waals surface area contributed by atoms with Crippen molar-refractivity contribution in [1.29, 1.82) is 0 Å². The molecule has 1 aromatic heterocycles. The number of anilines is 3. The van der Waals surface area contributed by atoms with Crippen LogP contribution in [-0.4, -0.2) is 87.8 Å². The van der Waals surface area contributed by atoms with Crippen LogP contribution in [0, 0.1) is 0 Å². The Bertz CT molecular complexity index is 1060. The molecular weight excluding hydrogens is 493 g/mol. The van der Waals surface area contributed by atoms with E-state index in [0.29, 0.717) is 32.0 Å². The van der Waals surface area contributed by atoms with Gasteiger partial charge < -0.3 is 25.4 Å². The monoisotopic (exact) mass is 520 g/mol. The van der Waals surface area contributed by atoms with Crippen LogP contribution in [0.2, 0.25) is 0 Å². The lowest BCUT2D eigenvalue weighted by molar-refractivity contribution is -0.137. The number of sulfonamides is 1. The topological polar surface area (TPSA) is 137 Å². The molecular formula is C20H27F3N6O5S. The molecule has 1 saturated heterocycles. The van der Waals surface area contributed by atoms with Crippen molar-refractivity contribution >= 4 is 33.9 Å². The Balaban J connectivity index is 0.00000137. The van der Waals surface area contributed by atoms with E-state index in [2.05, 4.69) is 20.6 Å². The quantitative estimate of drug-likeness (QED) is 0.440. The molecule has 0 saturated carbocycles. The van der Waals surface area contributed by atoms with Crippen molar-refractivity contribution in [3.8, 4) is 0 Å². The van der Waals surface area contributed by atoms with E-state index in [1.165, 1.54) is 40.5 Å². The zero-order valence-electron chi connectivity index (χ0n) is 19.1. The largest absolute Gasteiger partial charge is 0.483 e. The number of hydrogen-bond donors (Lipinski definition) is 3. The lowest BCUT2D eigenvalue weighted by Gasteiger charge is -2.26. The summed E-state index contributed by atoms with van der Waals surface area (Å²) in [6, 6.07) is 5.88. The van der Waals surface area contributed by atoms with Gasteiger partial charge in [-0.05, 0) is 31.3 Å². The maximum atomic E-state index is 13.4. The number of carboxylic acid groups (broad SMARTS) is 1. The maximum Gasteiger partial charge on any atom is 0.421 e. The predicted molar refractivity (Wildman–Crippen MR) is 122 cm³/mol. The first-order chi connectivity index (χ1) is 16.5. The first-order valence-electron chi connectivity index (χ1n) is 10.4. The number of ether oxygens (including phenoxy) is 1. The van der Waals surface area contributed by atoms with Gasteiger partial charge in [0.25, 0.3) is 6.47 Å². The molecule has 1 fully saturated rings. The number of carbonyl (C=O) groups is 1. The summed E-state index contributed by atoms with van der Waals surface area (Å²) in [5.41, 5.74) is -0.497. The molecule has 0 bridgehead atoms. The van der Waals surface area contributed by atoms with Gasteiger partial charge in [-0.15, -0.1) is 0 Å². The molecule has 0 spiro atoms. The average Bonchev–Trinajstić information content (AvgIpc) is 2.83. The highest BCUT2D eigenvalue weighted by atomic mass is 32.2. The normalized spacial score (nSPS) is 14.5. The van der Waals surface area contributed by atoms with Crippen LogP contribution in [0.1, 0.15) is 5.56 Å². The highest BCUT2D eigenvalue weighted by molar-refractivity contribution is 7.89. The van der Waals surface area contributed by atoms with Crippen molar-refractivity contribution in [3.05, 3.63) is 36.0 Å². The third kappa shape index (κ3) is 7.74. The number of halogens is 3. The van der Waals surface area contributed by atoms with Crippen LogP contribution in [0.4, 0.5) is 30.6 Å². The first kappa shape index (κ1) is 28.2. The van der Waals surface area contributed by atoms with Gasteiger partial charge >= 0.3 is 6.18 Å². The van der Waals surface area contributed by atoms with Crippen molar-refractivity contribution in [2.45, 2.75) is 11.1 Å². The zero-order valence-corrected chi connectivity index (χ0v) is 19.9. The summed E-state index contributed by atoms with van der Waals surface area (Å²) < 4.78 is 72.1. The lowest BCUT2D eigenvalue weighted by Crippen LogP contribution is -2.40. The number of hydrogen-bond acceptors (Lipinski definition) is 9. The summed E-state index contributed by atoms with van der Waals surface area (Å²) in [5, 5.41) is 12.6. The lowest BCUT2D eigenvalue weighted by atomic mass is 10.2. The van der Waals surface area contributed by atoms with Crippen LogP contribution in [0.5, 0.6) is 0 Å². The van der Waals surface area contributed by atoms with E-state index in [1.807, 2.05) is 0 Å². The number of nitrogens with zero attached hydrogens (tertiary/aromatic N) is 4. The molecule has 11 nitrogen and oxygen atoms in total. The Hall–Kier alpha value is -3.01. The van der Waals surface area contributed by atoms with E-state index in [0.717, 1.165) is 6.20 Å². The second kappa shape index (κ2) is 12.6. The highest BCUT2D eigenvalue weighted by Crippen LogP contribution is 2.35. The number of rotatable bonds is 8. The van der Waals surface area contributed by atoms with Crippen molar-refractivity contribution < 1.29 is 36.2 Å². The van der Waals surface area contributed by atoms with Crippen LogP contribution >= 0.6 is 0 Å². The molecule has 0 radical (unpaired) electrons. The third-order valence-corrected chi connectivity index (χ3v) is 6.76. The van der Waals surface area contributed by atoms with Crippen LogP contribution in [-0.2, 0) is 25.7 Å². The van der Waals surface area contributed by atoms with E-state index < -0.39 is 21.8 Å². The molecule has 3 N–H and O–H groups in total. The molecule has 0 aliphatic carbocycles. The molecule has 35 heavy (non-hydrogen) atoms. The number of aromatic nitrogens is 2. The molecule has 2 aromatic rings. The van der Waals surface area contributed by atoms with Gasteiger partial charge in [0.05, 0.1) is 18.1 Å². The predicted octanol–water partition coefficient (Wildman–Crippen LogP) is 1.62. The van der Waals surface area contributed by atoms with Crippen LogP contribution in [0.15, 0.2) is 35.4 Å². The molecule has 1 aromatic carbocycles. The average molecular weight is 521 g/mol. The fourth-order valence-corrected chi connectivity index (χ4v) is 4.49.